The van der Waals surface area contributed by atoms with Crippen LogP contribution in [0.3, 0.4) is 0 Å². The number of pyridine rings is 1. The molecule has 1 spiro atoms. The van der Waals surface area contributed by atoms with Crippen LogP contribution in [0.2, 0.25) is 0 Å². The first-order valence-electron chi connectivity index (χ1n) is 12.0. The van der Waals surface area contributed by atoms with Gasteiger partial charge in [0.05, 0.1) is 5.56 Å². The molecule has 3 saturated carbocycles. The van der Waals surface area contributed by atoms with E-state index in [1.807, 2.05) is 36.7 Å². The third kappa shape index (κ3) is 3.19. The molecule has 1 saturated heterocycles. The Labute approximate surface area is 188 Å². The summed E-state index contributed by atoms with van der Waals surface area (Å²) in [6.45, 7) is 1.68. The molecule has 32 heavy (non-hydrogen) atoms. The van der Waals surface area contributed by atoms with Gasteiger partial charge in [-0.25, -0.2) is 0 Å². The molecule has 1 aromatic heterocycles. The molecule has 2 bridgehead atoms. The van der Waals surface area contributed by atoms with Gasteiger partial charge in [-0.15, -0.1) is 0 Å². The van der Waals surface area contributed by atoms with E-state index in [4.69, 9.17) is 0 Å². The second-order valence-corrected chi connectivity index (χ2v) is 10.1. The molecule has 0 unspecified atom stereocenters. The number of benzene rings is 1. The van der Waals surface area contributed by atoms with Gasteiger partial charge in [0.25, 0.3) is 5.91 Å². The first kappa shape index (κ1) is 19.8. The molecule has 4 atom stereocenters. The zero-order valence-corrected chi connectivity index (χ0v) is 18.3. The van der Waals surface area contributed by atoms with E-state index in [0.717, 1.165) is 57.3 Å². The zero-order chi connectivity index (χ0) is 21.7. The van der Waals surface area contributed by atoms with Crippen LogP contribution in [-0.2, 0) is 4.79 Å². The van der Waals surface area contributed by atoms with Crippen molar-refractivity contribution in [3.63, 3.8) is 0 Å². The number of nitrogens with one attached hydrogen (secondary N) is 2. The lowest BCUT2D eigenvalue weighted by molar-refractivity contribution is -0.144. The molecule has 2 aliphatic heterocycles. The minimum absolute atomic E-state index is 0.00737. The molecule has 166 valence electrons. The molecule has 7 rings (SSSR count). The molecule has 3 aliphatic carbocycles. The average molecular weight is 431 g/mol. The lowest BCUT2D eigenvalue weighted by atomic mass is 9.58. The highest BCUT2D eigenvalue weighted by Crippen LogP contribution is 2.52. The minimum Gasteiger partial charge on any atom is -0.362 e. The molecule has 4 fully saturated rings. The van der Waals surface area contributed by atoms with Crippen LogP contribution in [0.15, 0.2) is 48.8 Å². The Morgan fingerprint density at radius 3 is 2.53 bits per heavy atom. The molecular formula is C26H30N4O2. The normalized spacial score (nSPS) is 31.7. The molecule has 2 amide bonds. The van der Waals surface area contributed by atoms with Crippen molar-refractivity contribution in [1.82, 2.24) is 15.2 Å². The number of nitrogens with zero attached hydrogens (tertiary/aromatic N) is 2. The Bertz CT molecular complexity index is 1030. The summed E-state index contributed by atoms with van der Waals surface area (Å²) in [6, 6.07) is 11.9. The van der Waals surface area contributed by atoms with Crippen LogP contribution in [0.25, 0.3) is 0 Å². The van der Waals surface area contributed by atoms with Gasteiger partial charge in [-0.1, -0.05) is 12.1 Å². The summed E-state index contributed by atoms with van der Waals surface area (Å²) < 4.78 is 0. The van der Waals surface area contributed by atoms with E-state index in [2.05, 4.69) is 32.7 Å². The fourth-order valence-corrected chi connectivity index (χ4v) is 6.75. The number of carbonyl (C=O) groups excluding carboxylic acids is 2. The fraction of sp³-hybridized carbons (Fsp3) is 0.500. The lowest BCUT2D eigenvalue weighted by Gasteiger charge is -2.57. The van der Waals surface area contributed by atoms with Crippen molar-refractivity contribution >= 4 is 17.5 Å². The summed E-state index contributed by atoms with van der Waals surface area (Å²) in [5.74, 6) is 1.57. The number of likely N-dealkylation sites (tertiary alicyclic amines) is 1. The largest absolute Gasteiger partial charge is 0.362 e. The van der Waals surface area contributed by atoms with Crippen LogP contribution in [0, 0.1) is 17.8 Å². The van der Waals surface area contributed by atoms with Crippen molar-refractivity contribution < 1.29 is 9.59 Å². The van der Waals surface area contributed by atoms with Gasteiger partial charge in [-0.2, -0.15) is 0 Å². The Morgan fingerprint density at radius 1 is 1.00 bits per heavy atom. The second-order valence-electron chi connectivity index (χ2n) is 10.1. The summed E-state index contributed by atoms with van der Waals surface area (Å²) in [5, 5.41) is 6.98. The van der Waals surface area contributed by atoms with Gasteiger partial charge in [0, 0.05) is 43.0 Å². The Morgan fingerprint density at radius 2 is 1.78 bits per heavy atom. The number of para-hydroxylation sites is 1. The standard InChI is InChI=1S/C26H30N4O2/c31-24-21-3-1-2-4-23(21)28-26(29-24)16-19-5-6-20(26)15-22(19)25(32)30-13-9-18(10-14-30)17-7-11-27-12-8-17/h1-4,7-8,11-12,18-20,22,28H,5-6,9-10,13-16H2,(H,29,31)/t19-,20-,22+,26-/m1/s1. The summed E-state index contributed by atoms with van der Waals surface area (Å²) >= 11 is 0. The quantitative estimate of drug-likeness (QED) is 0.761. The number of rotatable bonds is 2. The third-order valence-electron chi connectivity index (χ3n) is 8.44. The van der Waals surface area contributed by atoms with Gasteiger partial charge < -0.3 is 15.5 Å². The molecule has 2 aromatic rings. The van der Waals surface area contributed by atoms with E-state index < -0.39 is 5.66 Å². The van der Waals surface area contributed by atoms with Gasteiger partial charge in [0.2, 0.25) is 5.91 Å². The predicted molar refractivity (Wildman–Crippen MR) is 122 cm³/mol. The molecule has 6 heteroatoms. The SMILES string of the molecule is O=C1N[C@@]2(C[C@H]3CC[C@@H]2C[C@@H]3C(=O)N2CCC(c3ccncc3)CC2)Nc2ccccc21. The summed E-state index contributed by atoms with van der Waals surface area (Å²) in [6.07, 6.45) is 9.61. The van der Waals surface area contributed by atoms with E-state index >= 15 is 0 Å². The van der Waals surface area contributed by atoms with Crippen LogP contribution in [0.5, 0.6) is 0 Å². The molecule has 2 N–H and O–H groups in total. The van der Waals surface area contributed by atoms with E-state index in [-0.39, 0.29) is 17.7 Å². The number of hydrogen-bond acceptors (Lipinski definition) is 4. The molecule has 5 aliphatic rings. The molecule has 6 nitrogen and oxygen atoms in total. The highest BCUT2D eigenvalue weighted by atomic mass is 16.2. The molecular weight excluding hydrogens is 400 g/mol. The number of carbonyl (C=O) groups is 2. The van der Waals surface area contributed by atoms with Gasteiger partial charge >= 0.3 is 0 Å². The highest BCUT2D eigenvalue weighted by Gasteiger charge is 2.55. The van der Waals surface area contributed by atoms with E-state index in [9.17, 15) is 9.59 Å². The molecule has 3 heterocycles. The summed E-state index contributed by atoms with van der Waals surface area (Å²) in [7, 11) is 0. The van der Waals surface area contributed by atoms with E-state index in [0.29, 0.717) is 23.3 Å². The predicted octanol–water partition coefficient (Wildman–Crippen LogP) is 3.78. The van der Waals surface area contributed by atoms with Crippen molar-refractivity contribution in [1.29, 1.82) is 0 Å². The van der Waals surface area contributed by atoms with Crippen molar-refractivity contribution in [3.8, 4) is 0 Å². The maximum Gasteiger partial charge on any atom is 0.255 e. The van der Waals surface area contributed by atoms with Gasteiger partial charge in [0.1, 0.15) is 5.66 Å². The zero-order valence-electron chi connectivity index (χ0n) is 18.3. The Hall–Kier alpha value is -2.89. The minimum atomic E-state index is -0.403. The van der Waals surface area contributed by atoms with Crippen LogP contribution in [0.1, 0.15) is 60.4 Å². The highest BCUT2D eigenvalue weighted by molar-refractivity contribution is 6.02. The maximum atomic E-state index is 13.5. The molecule has 1 aromatic carbocycles. The van der Waals surface area contributed by atoms with Gasteiger partial charge in [0.15, 0.2) is 0 Å². The van der Waals surface area contributed by atoms with Crippen molar-refractivity contribution in [2.45, 2.75) is 50.1 Å². The number of aromatic nitrogens is 1. The number of anilines is 1. The topological polar surface area (TPSA) is 74.3 Å². The van der Waals surface area contributed by atoms with Gasteiger partial charge in [-0.05, 0) is 80.2 Å². The maximum absolute atomic E-state index is 13.5. The first-order valence-corrected chi connectivity index (χ1v) is 12.0. The van der Waals surface area contributed by atoms with E-state index in [1.54, 1.807) is 0 Å². The first-order chi connectivity index (χ1) is 15.6. The summed E-state index contributed by atoms with van der Waals surface area (Å²) in [4.78, 5) is 32.6. The number of hydrogen-bond donors (Lipinski definition) is 2. The molecule has 0 radical (unpaired) electrons. The average Bonchev–Trinajstić information content (AvgIpc) is 2.84. The Balaban J connectivity index is 1.14. The van der Waals surface area contributed by atoms with Gasteiger partial charge in [-0.3, -0.25) is 14.6 Å². The smallest absolute Gasteiger partial charge is 0.255 e. The monoisotopic (exact) mass is 430 g/mol. The lowest BCUT2D eigenvalue weighted by Crippen LogP contribution is -2.68. The van der Waals surface area contributed by atoms with E-state index in [1.165, 1.54) is 5.56 Å². The third-order valence-corrected chi connectivity index (χ3v) is 8.44. The fourth-order valence-electron chi connectivity index (χ4n) is 6.75. The van der Waals surface area contributed by atoms with Crippen LogP contribution in [-0.4, -0.2) is 40.5 Å². The number of fused-ring (bicyclic) bond motifs is 3. The Kier molecular flexibility index (Phi) is 4.70. The second kappa shape index (κ2) is 7.61. The number of piperidine rings is 1. The van der Waals surface area contributed by atoms with Crippen molar-refractivity contribution in [2.24, 2.45) is 17.8 Å². The van der Waals surface area contributed by atoms with Crippen LogP contribution < -0.4 is 10.6 Å². The van der Waals surface area contributed by atoms with Crippen LogP contribution in [0.4, 0.5) is 5.69 Å². The summed E-state index contributed by atoms with van der Waals surface area (Å²) in [5.41, 5.74) is 2.57. The van der Waals surface area contributed by atoms with Crippen molar-refractivity contribution in [2.75, 3.05) is 18.4 Å². The van der Waals surface area contributed by atoms with Crippen LogP contribution >= 0.6 is 0 Å². The number of amides is 2. The van der Waals surface area contributed by atoms with Crippen molar-refractivity contribution in [3.05, 3.63) is 59.9 Å².